The molecular formula is C16H16FNO. The van der Waals surface area contributed by atoms with Crippen LogP contribution in [0.1, 0.15) is 28.3 Å². The molecule has 0 aromatic heterocycles. The van der Waals surface area contributed by atoms with Gasteiger partial charge in [-0.05, 0) is 47.4 Å². The maximum Gasteiger partial charge on any atom is 0.123 e. The third kappa shape index (κ3) is 2.34. The smallest absolute Gasteiger partial charge is 0.123 e. The van der Waals surface area contributed by atoms with Crippen LogP contribution in [0, 0.1) is 12.7 Å². The summed E-state index contributed by atoms with van der Waals surface area (Å²) in [6, 6.07) is 10.6. The van der Waals surface area contributed by atoms with E-state index in [0.29, 0.717) is 0 Å². The first-order valence-corrected chi connectivity index (χ1v) is 6.42. The number of aryl methyl sites for hydroxylation is 1. The molecule has 0 radical (unpaired) electrons. The van der Waals surface area contributed by atoms with E-state index in [1.165, 1.54) is 17.7 Å². The average molecular weight is 257 g/mol. The van der Waals surface area contributed by atoms with Gasteiger partial charge in [-0.2, -0.15) is 0 Å². The molecule has 0 spiro atoms. The zero-order valence-corrected chi connectivity index (χ0v) is 10.8. The SMILES string of the molecule is Cc1cc(F)cc(C(N)c2ccc3c(c2)CCO3)c1. The van der Waals surface area contributed by atoms with E-state index in [1.807, 2.05) is 25.1 Å². The van der Waals surface area contributed by atoms with Crippen LogP contribution in [0.5, 0.6) is 5.75 Å². The maximum atomic E-state index is 13.4. The second-order valence-electron chi connectivity index (χ2n) is 5.01. The van der Waals surface area contributed by atoms with E-state index in [-0.39, 0.29) is 11.9 Å². The van der Waals surface area contributed by atoms with E-state index < -0.39 is 0 Å². The Bertz CT molecular complexity index is 604. The van der Waals surface area contributed by atoms with Crippen LogP contribution < -0.4 is 10.5 Å². The van der Waals surface area contributed by atoms with Crippen LogP contribution >= 0.6 is 0 Å². The number of ether oxygens (including phenoxy) is 1. The van der Waals surface area contributed by atoms with Crippen LogP contribution in [0.4, 0.5) is 4.39 Å². The van der Waals surface area contributed by atoms with Crippen molar-refractivity contribution >= 4 is 0 Å². The highest BCUT2D eigenvalue weighted by Crippen LogP contribution is 2.30. The summed E-state index contributed by atoms with van der Waals surface area (Å²) >= 11 is 0. The number of hydrogen-bond donors (Lipinski definition) is 1. The van der Waals surface area contributed by atoms with Gasteiger partial charge in [0, 0.05) is 6.42 Å². The standard InChI is InChI=1S/C16H16FNO/c1-10-6-13(9-14(17)7-10)16(18)12-2-3-15-11(8-12)4-5-19-15/h2-3,6-9,16H,4-5,18H2,1H3. The summed E-state index contributed by atoms with van der Waals surface area (Å²) in [5.41, 5.74) is 10.1. The van der Waals surface area contributed by atoms with E-state index in [0.717, 1.165) is 35.5 Å². The number of rotatable bonds is 2. The fourth-order valence-electron chi connectivity index (χ4n) is 2.54. The molecular weight excluding hydrogens is 241 g/mol. The van der Waals surface area contributed by atoms with Gasteiger partial charge in [0.25, 0.3) is 0 Å². The van der Waals surface area contributed by atoms with Crippen LogP contribution in [0.2, 0.25) is 0 Å². The zero-order valence-electron chi connectivity index (χ0n) is 10.8. The number of nitrogens with two attached hydrogens (primary N) is 1. The Morgan fingerprint density at radius 3 is 2.79 bits per heavy atom. The van der Waals surface area contributed by atoms with Gasteiger partial charge in [0.2, 0.25) is 0 Å². The van der Waals surface area contributed by atoms with Gasteiger partial charge in [-0.15, -0.1) is 0 Å². The Balaban J connectivity index is 1.97. The van der Waals surface area contributed by atoms with Crippen molar-refractivity contribution in [2.45, 2.75) is 19.4 Å². The Morgan fingerprint density at radius 1 is 1.16 bits per heavy atom. The number of fused-ring (bicyclic) bond motifs is 1. The van der Waals surface area contributed by atoms with E-state index in [4.69, 9.17) is 10.5 Å². The summed E-state index contributed by atoms with van der Waals surface area (Å²) < 4.78 is 18.9. The van der Waals surface area contributed by atoms with Crippen LogP contribution in [0.25, 0.3) is 0 Å². The van der Waals surface area contributed by atoms with Crippen molar-refractivity contribution in [1.82, 2.24) is 0 Å². The molecule has 1 atom stereocenters. The van der Waals surface area contributed by atoms with E-state index >= 15 is 0 Å². The number of hydrogen-bond acceptors (Lipinski definition) is 2. The quantitative estimate of drug-likeness (QED) is 0.897. The van der Waals surface area contributed by atoms with Crippen molar-refractivity contribution in [3.63, 3.8) is 0 Å². The summed E-state index contributed by atoms with van der Waals surface area (Å²) in [5.74, 6) is 0.696. The molecule has 2 N–H and O–H groups in total. The molecule has 1 aliphatic rings. The van der Waals surface area contributed by atoms with Gasteiger partial charge in [-0.1, -0.05) is 18.2 Å². The van der Waals surface area contributed by atoms with Crippen molar-refractivity contribution in [2.24, 2.45) is 5.73 Å². The Morgan fingerprint density at radius 2 is 2.00 bits per heavy atom. The topological polar surface area (TPSA) is 35.2 Å². The summed E-state index contributed by atoms with van der Waals surface area (Å²) in [6.45, 7) is 2.60. The van der Waals surface area contributed by atoms with Crippen molar-refractivity contribution < 1.29 is 9.13 Å². The second-order valence-corrected chi connectivity index (χ2v) is 5.01. The second kappa shape index (κ2) is 4.67. The van der Waals surface area contributed by atoms with Gasteiger partial charge in [-0.3, -0.25) is 0 Å². The molecule has 0 amide bonds. The first-order valence-electron chi connectivity index (χ1n) is 6.42. The lowest BCUT2D eigenvalue weighted by Crippen LogP contribution is -2.12. The maximum absolute atomic E-state index is 13.4. The minimum Gasteiger partial charge on any atom is -0.493 e. The fraction of sp³-hybridized carbons (Fsp3) is 0.250. The van der Waals surface area contributed by atoms with E-state index in [9.17, 15) is 4.39 Å². The molecule has 1 aliphatic heterocycles. The van der Waals surface area contributed by atoms with Crippen molar-refractivity contribution in [3.05, 3.63) is 64.5 Å². The molecule has 1 heterocycles. The molecule has 0 bridgehead atoms. The summed E-state index contributed by atoms with van der Waals surface area (Å²) in [6.07, 6.45) is 0.915. The molecule has 2 aromatic carbocycles. The Labute approximate surface area is 112 Å². The molecule has 2 nitrogen and oxygen atoms in total. The molecule has 0 aliphatic carbocycles. The highest BCUT2D eigenvalue weighted by Gasteiger charge is 2.16. The molecule has 3 heteroatoms. The molecule has 0 saturated heterocycles. The van der Waals surface area contributed by atoms with Crippen LogP contribution in [0.15, 0.2) is 36.4 Å². The van der Waals surface area contributed by atoms with Gasteiger partial charge < -0.3 is 10.5 Å². The minimum atomic E-state index is -0.305. The Hall–Kier alpha value is -1.87. The van der Waals surface area contributed by atoms with Crippen molar-refractivity contribution in [3.8, 4) is 5.75 Å². The molecule has 2 aromatic rings. The van der Waals surface area contributed by atoms with E-state index in [2.05, 4.69) is 6.07 Å². The predicted molar refractivity (Wildman–Crippen MR) is 72.8 cm³/mol. The largest absolute Gasteiger partial charge is 0.493 e. The third-order valence-corrected chi connectivity index (χ3v) is 3.50. The average Bonchev–Trinajstić information content (AvgIpc) is 2.83. The molecule has 0 saturated carbocycles. The van der Waals surface area contributed by atoms with Crippen LogP contribution in [0.3, 0.4) is 0 Å². The van der Waals surface area contributed by atoms with Crippen molar-refractivity contribution in [1.29, 1.82) is 0 Å². The zero-order chi connectivity index (χ0) is 13.4. The van der Waals surface area contributed by atoms with Gasteiger partial charge in [0.15, 0.2) is 0 Å². The summed E-state index contributed by atoms with van der Waals surface area (Å²) in [4.78, 5) is 0. The van der Waals surface area contributed by atoms with Gasteiger partial charge >= 0.3 is 0 Å². The molecule has 1 unspecified atom stereocenters. The molecule has 3 rings (SSSR count). The van der Waals surface area contributed by atoms with Crippen LogP contribution in [-0.2, 0) is 6.42 Å². The third-order valence-electron chi connectivity index (χ3n) is 3.50. The monoisotopic (exact) mass is 257 g/mol. The lowest BCUT2D eigenvalue weighted by molar-refractivity contribution is 0.357. The fourth-order valence-corrected chi connectivity index (χ4v) is 2.54. The van der Waals surface area contributed by atoms with Gasteiger partial charge in [-0.25, -0.2) is 4.39 Å². The highest BCUT2D eigenvalue weighted by atomic mass is 19.1. The highest BCUT2D eigenvalue weighted by molar-refractivity contribution is 5.43. The first-order chi connectivity index (χ1) is 9.13. The van der Waals surface area contributed by atoms with Gasteiger partial charge in [0.05, 0.1) is 12.6 Å². The van der Waals surface area contributed by atoms with Crippen LogP contribution in [-0.4, -0.2) is 6.61 Å². The summed E-state index contributed by atoms with van der Waals surface area (Å²) in [7, 11) is 0. The molecule has 98 valence electrons. The summed E-state index contributed by atoms with van der Waals surface area (Å²) in [5, 5.41) is 0. The van der Waals surface area contributed by atoms with Gasteiger partial charge in [0.1, 0.15) is 11.6 Å². The predicted octanol–water partition coefficient (Wildman–Crippen LogP) is 3.12. The lowest BCUT2D eigenvalue weighted by atomic mass is 9.96. The first kappa shape index (κ1) is 12.2. The lowest BCUT2D eigenvalue weighted by Gasteiger charge is -2.14. The number of benzene rings is 2. The minimum absolute atomic E-state index is 0.241. The van der Waals surface area contributed by atoms with Crippen molar-refractivity contribution in [2.75, 3.05) is 6.61 Å². The normalized spacial score (nSPS) is 14.9. The Kier molecular flexibility index (Phi) is 2.99. The van der Waals surface area contributed by atoms with E-state index in [1.54, 1.807) is 0 Å². The number of halogens is 1. The molecule has 19 heavy (non-hydrogen) atoms. The molecule has 0 fully saturated rings.